The summed E-state index contributed by atoms with van der Waals surface area (Å²) in [5.74, 6) is 0.351. The van der Waals surface area contributed by atoms with Crippen molar-refractivity contribution in [2.24, 2.45) is 0 Å². The summed E-state index contributed by atoms with van der Waals surface area (Å²) in [7, 11) is 0. The van der Waals surface area contributed by atoms with E-state index in [4.69, 9.17) is 4.42 Å². The van der Waals surface area contributed by atoms with E-state index in [-0.39, 0.29) is 11.7 Å². The van der Waals surface area contributed by atoms with Gasteiger partial charge in [0.25, 0.3) is 11.1 Å². The number of rotatable bonds is 5. The second-order valence-electron chi connectivity index (χ2n) is 4.40. The minimum atomic E-state index is -0.153. The van der Waals surface area contributed by atoms with Gasteiger partial charge in [0.15, 0.2) is 0 Å². The zero-order chi connectivity index (χ0) is 16.1. The van der Waals surface area contributed by atoms with Crippen molar-refractivity contribution < 1.29 is 9.21 Å². The number of benzene rings is 1. The smallest absolute Gasteiger partial charge is 0.277 e. The summed E-state index contributed by atoms with van der Waals surface area (Å²) >= 11 is 4.55. The zero-order valence-electron chi connectivity index (χ0n) is 11.8. The van der Waals surface area contributed by atoms with E-state index >= 15 is 0 Å². The van der Waals surface area contributed by atoms with E-state index in [0.717, 1.165) is 10.2 Å². The molecule has 1 N–H and O–H groups in total. The fourth-order valence-corrected chi connectivity index (χ4v) is 2.68. The molecule has 0 unspecified atom stereocenters. The first-order valence-corrected chi connectivity index (χ1v) is 8.42. The summed E-state index contributed by atoms with van der Waals surface area (Å²) in [6.45, 7) is 0. The SMILES string of the molecule is O=C(CSc1nnc(-c2ccccn2)o1)Nc1ccccc1Br. The number of carbonyl (C=O) groups excluding carboxylic acids is 1. The first-order chi connectivity index (χ1) is 11.2. The minimum Gasteiger partial charge on any atom is -0.410 e. The molecule has 0 atom stereocenters. The molecule has 0 bridgehead atoms. The molecule has 8 heteroatoms. The van der Waals surface area contributed by atoms with Crippen molar-refractivity contribution in [2.45, 2.75) is 5.22 Å². The topological polar surface area (TPSA) is 80.9 Å². The number of pyridine rings is 1. The highest BCUT2D eigenvalue weighted by molar-refractivity contribution is 9.10. The number of amides is 1. The fourth-order valence-electron chi connectivity index (χ4n) is 1.74. The molecule has 0 aliphatic rings. The molecule has 1 amide bonds. The molecule has 0 aliphatic carbocycles. The molecule has 0 saturated carbocycles. The molecule has 3 rings (SSSR count). The standard InChI is InChI=1S/C15H11BrN4O2S/c16-10-5-1-2-6-11(10)18-13(21)9-23-15-20-19-14(22-15)12-7-3-4-8-17-12/h1-8H,9H2,(H,18,21). The summed E-state index contributed by atoms with van der Waals surface area (Å²) in [4.78, 5) is 16.1. The fraction of sp³-hybridized carbons (Fsp3) is 0.0667. The van der Waals surface area contributed by atoms with Crippen LogP contribution in [0, 0.1) is 0 Å². The highest BCUT2D eigenvalue weighted by atomic mass is 79.9. The zero-order valence-corrected chi connectivity index (χ0v) is 14.2. The maximum absolute atomic E-state index is 12.0. The van der Waals surface area contributed by atoms with Crippen LogP contribution in [0.2, 0.25) is 0 Å². The van der Waals surface area contributed by atoms with E-state index in [9.17, 15) is 4.79 Å². The maximum atomic E-state index is 12.0. The monoisotopic (exact) mass is 390 g/mol. The van der Waals surface area contributed by atoms with Crippen molar-refractivity contribution in [3.05, 3.63) is 53.1 Å². The van der Waals surface area contributed by atoms with Crippen molar-refractivity contribution >= 4 is 39.3 Å². The molecule has 3 aromatic rings. The van der Waals surface area contributed by atoms with Crippen molar-refractivity contribution in [2.75, 3.05) is 11.1 Å². The van der Waals surface area contributed by atoms with E-state index < -0.39 is 0 Å². The van der Waals surface area contributed by atoms with Crippen LogP contribution in [0.15, 0.2) is 62.8 Å². The second-order valence-corrected chi connectivity index (χ2v) is 6.19. The highest BCUT2D eigenvalue weighted by Crippen LogP contribution is 2.23. The molecule has 116 valence electrons. The van der Waals surface area contributed by atoms with E-state index in [1.54, 1.807) is 12.3 Å². The van der Waals surface area contributed by atoms with Gasteiger partial charge in [-0.3, -0.25) is 9.78 Å². The van der Waals surface area contributed by atoms with Crippen molar-refractivity contribution in [1.82, 2.24) is 15.2 Å². The Balaban J connectivity index is 1.58. The van der Waals surface area contributed by atoms with E-state index in [1.165, 1.54) is 11.8 Å². The quantitative estimate of drug-likeness (QED) is 0.669. The normalized spacial score (nSPS) is 10.5. The van der Waals surface area contributed by atoms with Gasteiger partial charge in [-0.05, 0) is 40.2 Å². The summed E-state index contributed by atoms with van der Waals surface area (Å²) in [6, 6.07) is 12.8. The third-order valence-electron chi connectivity index (χ3n) is 2.77. The molecule has 2 heterocycles. The minimum absolute atomic E-state index is 0.153. The lowest BCUT2D eigenvalue weighted by Gasteiger charge is -2.05. The van der Waals surface area contributed by atoms with Gasteiger partial charge in [-0.1, -0.05) is 30.0 Å². The lowest BCUT2D eigenvalue weighted by atomic mass is 10.3. The van der Waals surface area contributed by atoms with Gasteiger partial charge in [0.1, 0.15) is 5.69 Å². The molecule has 0 radical (unpaired) electrons. The van der Waals surface area contributed by atoms with Crippen molar-refractivity contribution in [3.63, 3.8) is 0 Å². The predicted molar refractivity (Wildman–Crippen MR) is 91.0 cm³/mol. The van der Waals surface area contributed by atoms with Gasteiger partial charge in [0.05, 0.1) is 11.4 Å². The molecule has 1 aromatic carbocycles. The molecule has 0 saturated heterocycles. The number of thioether (sulfide) groups is 1. The molecule has 0 aliphatic heterocycles. The second kappa shape index (κ2) is 7.38. The van der Waals surface area contributed by atoms with Gasteiger partial charge in [0.2, 0.25) is 5.91 Å². The maximum Gasteiger partial charge on any atom is 0.277 e. The van der Waals surface area contributed by atoms with Crippen LogP contribution >= 0.6 is 27.7 Å². The first kappa shape index (κ1) is 15.7. The third kappa shape index (κ3) is 4.17. The summed E-state index contributed by atoms with van der Waals surface area (Å²) in [5.41, 5.74) is 1.32. The van der Waals surface area contributed by atoms with Gasteiger partial charge in [-0.2, -0.15) is 0 Å². The van der Waals surface area contributed by atoms with Gasteiger partial charge in [-0.15, -0.1) is 10.2 Å². The molecule has 0 fully saturated rings. The molecule has 23 heavy (non-hydrogen) atoms. The van der Waals surface area contributed by atoms with Crippen LogP contribution in [0.25, 0.3) is 11.6 Å². The lowest BCUT2D eigenvalue weighted by Crippen LogP contribution is -2.14. The molecular formula is C15H11BrN4O2S. The molecule has 6 nitrogen and oxygen atoms in total. The number of nitrogens with one attached hydrogen (secondary N) is 1. The molecule has 2 aromatic heterocycles. The first-order valence-electron chi connectivity index (χ1n) is 6.64. The number of carbonyl (C=O) groups is 1. The van der Waals surface area contributed by atoms with Crippen molar-refractivity contribution in [1.29, 1.82) is 0 Å². The van der Waals surface area contributed by atoms with Gasteiger partial charge in [-0.25, -0.2) is 0 Å². The Hall–Kier alpha value is -2.19. The van der Waals surface area contributed by atoms with Crippen LogP contribution < -0.4 is 5.32 Å². The number of halogens is 1. The number of hydrogen-bond acceptors (Lipinski definition) is 6. The van der Waals surface area contributed by atoms with Gasteiger partial charge in [0, 0.05) is 10.7 Å². The number of hydrogen-bond donors (Lipinski definition) is 1. The summed E-state index contributed by atoms with van der Waals surface area (Å²) < 4.78 is 6.31. The van der Waals surface area contributed by atoms with Crippen molar-refractivity contribution in [3.8, 4) is 11.6 Å². The molecule has 0 spiro atoms. The summed E-state index contributed by atoms with van der Waals surface area (Å²) in [5, 5.41) is 11.0. The highest BCUT2D eigenvalue weighted by Gasteiger charge is 2.12. The van der Waals surface area contributed by atoms with Crippen LogP contribution in [-0.2, 0) is 4.79 Å². The average Bonchev–Trinajstić information content (AvgIpc) is 3.05. The Morgan fingerprint density at radius 3 is 2.78 bits per heavy atom. The Kier molecular flexibility index (Phi) is 5.04. The van der Waals surface area contributed by atoms with E-state index in [1.807, 2.05) is 36.4 Å². The van der Waals surface area contributed by atoms with E-state index in [0.29, 0.717) is 16.8 Å². The Labute approximate surface area is 144 Å². The number of aromatic nitrogens is 3. The van der Waals surface area contributed by atoms with Crippen LogP contribution in [0.5, 0.6) is 0 Å². The Bertz CT molecular complexity index is 810. The molecular weight excluding hydrogens is 380 g/mol. The Morgan fingerprint density at radius 1 is 1.17 bits per heavy atom. The number of para-hydroxylation sites is 1. The number of nitrogens with zero attached hydrogens (tertiary/aromatic N) is 3. The average molecular weight is 391 g/mol. The van der Waals surface area contributed by atoms with Gasteiger partial charge >= 0.3 is 0 Å². The predicted octanol–water partition coefficient (Wildman–Crippen LogP) is 3.62. The van der Waals surface area contributed by atoms with Crippen LogP contribution in [-0.4, -0.2) is 26.8 Å². The largest absolute Gasteiger partial charge is 0.410 e. The van der Waals surface area contributed by atoms with Crippen LogP contribution in [0.4, 0.5) is 5.69 Å². The lowest BCUT2D eigenvalue weighted by molar-refractivity contribution is -0.113. The van der Waals surface area contributed by atoms with Gasteiger partial charge < -0.3 is 9.73 Å². The van der Waals surface area contributed by atoms with Crippen LogP contribution in [0.3, 0.4) is 0 Å². The third-order valence-corrected chi connectivity index (χ3v) is 4.28. The summed E-state index contributed by atoms with van der Waals surface area (Å²) in [6.07, 6.45) is 1.65. The van der Waals surface area contributed by atoms with E-state index in [2.05, 4.69) is 36.4 Å². The van der Waals surface area contributed by atoms with Crippen LogP contribution in [0.1, 0.15) is 0 Å². The number of anilines is 1. The Morgan fingerprint density at radius 2 is 2.00 bits per heavy atom.